The Balaban J connectivity index is 1.60. The third kappa shape index (κ3) is 5.41. The molecule has 1 aliphatic carbocycles. The lowest BCUT2D eigenvalue weighted by Crippen LogP contribution is -2.27. The summed E-state index contributed by atoms with van der Waals surface area (Å²) in [7, 11) is 0. The first-order chi connectivity index (χ1) is 17.4. The molecule has 0 bridgehead atoms. The van der Waals surface area contributed by atoms with Gasteiger partial charge in [-0.05, 0) is 70.1 Å². The summed E-state index contributed by atoms with van der Waals surface area (Å²) in [6.45, 7) is 6.01. The Labute approximate surface area is 216 Å². The highest BCUT2D eigenvalue weighted by Gasteiger charge is 2.31. The van der Waals surface area contributed by atoms with Crippen LogP contribution in [-0.2, 0) is 14.3 Å². The number of benzene rings is 2. The fourth-order valence-corrected chi connectivity index (χ4v) is 5.00. The van der Waals surface area contributed by atoms with Crippen molar-refractivity contribution in [3.63, 3.8) is 0 Å². The second-order valence-corrected chi connectivity index (χ2v) is 9.26. The molecule has 2 aromatic carbocycles. The second kappa shape index (κ2) is 11.6. The number of hydrogen-bond donors (Lipinski definition) is 0. The molecule has 3 aromatic rings. The van der Waals surface area contributed by atoms with Crippen LogP contribution >= 0.6 is 11.6 Å². The molecule has 0 spiro atoms. The van der Waals surface area contributed by atoms with Crippen molar-refractivity contribution in [2.75, 3.05) is 18.1 Å². The summed E-state index contributed by atoms with van der Waals surface area (Å²) in [6.07, 6.45) is 3.00. The van der Waals surface area contributed by atoms with E-state index >= 15 is 0 Å². The highest BCUT2D eigenvalue weighted by Crippen LogP contribution is 2.42. The molecule has 36 heavy (non-hydrogen) atoms. The molecule has 1 aliphatic rings. The van der Waals surface area contributed by atoms with Gasteiger partial charge in [0.25, 0.3) is 0 Å². The number of anilines is 2. The predicted octanol–water partition coefficient (Wildman–Crippen LogP) is 7.43. The van der Waals surface area contributed by atoms with Gasteiger partial charge in [0.1, 0.15) is 11.4 Å². The number of esters is 1. The molecule has 8 heteroatoms. The van der Waals surface area contributed by atoms with Crippen molar-refractivity contribution in [3.05, 3.63) is 64.8 Å². The maximum absolute atomic E-state index is 13.0. The summed E-state index contributed by atoms with van der Waals surface area (Å²) < 4.78 is 16.2. The monoisotopic (exact) mass is 510 g/mol. The van der Waals surface area contributed by atoms with Crippen LogP contribution in [0.3, 0.4) is 0 Å². The van der Waals surface area contributed by atoms with Crippen LogP contribution in [0.25, 0.3) is 11.3 Å². The minimum absolute atomic E-state index is 0.00105. The average Bonchev–Trinajstić information content (AvgIpc) is 3.27. The van der Waals surface area contributed by atoms with E-state index in [9.17, 15) is 9.59 Å². The molecule has 0 radical (unpaired) electrons. The van der Waals surface area contributed by atoms with Gasteiger partial charge in [-0.2, -0.15) is 0 Å². The van der Waals surface area contributed by atoms with Crippen LogP contribution in [0.5, 0.6) is 0 Å². The highest BCUT2D eigenvalue weighted by atomic mass is 35.5. The molecule has 1 heterocycles. The second-order valence-electron chi connectivity index (χ2n) is 8.85. The molecule has 4 rings (SSSR count). The zero-order chi connectivity index (χ0) is 25.7. The van der Waals surface area contributed by atoms with Crippen molar-refractivity contribution >= 4 is 35.0 Å². The van der Waals surface area contributed by atoms with E-state index in [1.807, 2.05) is 19.1 Å². The van der Waals surface area contributed by atoms with Crippen LogP contribution in [0.4, 0.5) is 16.2 Å². The topological polar surface area (TPSA) is 81.9 Å². The van der Waals surface area contributed by atoms with Crippen molar-refractivity contribution in [1.82, 2.24) is 5.16 Å². The van der Waals surface area contributed by atoms with Gasteiger partial charge in [-0.3, -0.25) is 4.79 Å². The van der Waals surface area contributed by atoms with Gasteiger partial charge in [-0.1, -0.05) is 53.2 Å². The summed E-state index contributed by atoms with van der Waals surface area (Å²) >= 11 is 6.46. The molecule has 0 N–H and O–H groups in total. The van der Waals surface area contributed by atoms with Crippen molar-refractivity contribution in [3.8, 4) is 11.3 Å². The maximum Gasteiger partial charge on any atom is 0.419 e. The minimum Gasteiger partial charge on any atom is -0.466 e. The first-order valence-electron chi connectivity index (χ1n) is 12.4. The molecule has 0 atom stereocenters. The number of rotatable bonds is 7. The average molecular weight is 511 g/mol. The van der Waals surface area contributed by atoms with Crippen LogP contribution in [0, 0.1) is 12.8 Å². The third-order valence-electron chi connectivity index (χ3n) is 6.59. The zero-order valence-corrected chi connectivity index (χ0v) is 21.6. The molecular formula is C28H31ClN2O5. The van der Waals surface area contributed by atoms with Crippen molar-refractivity contribution in [2.45, 2.75) is 52.4 Å². The SMILES string of the molecule is CCOC(=O)C1CCC(c2ccc(-c3onc(C)c3N(C(=O)OCC)c3ccccc3Cl)cc2)CC1. The van der Waals surface area contributed by atoms with Gasteiger partial charge in [-0.15, -0.1) is 0 Å². The molecule has 0 unspecified atom stereocenters. The predicted molar refractivity (Wildman–Crippen MR) is 139 cm³/mol. The molecule has 0 aliphatic heterocycles. The van der Waals surface area contributed by atoms with Gasteiger partial charge in [0.2, 0.25) is 0 Å². The number of hydrogen-bond acceptors (Lipinski definition) is 6. The number of ether oxygens (including phenoxy) is 2. The van der Waals surface area contributed by atoms with Crippen LogP contribution in [0.2, 0.25) is 5.02 Å². The van der Waals surface area contributed by atoms with Crippen LogP contribution in [0.15, 0.2) is 53.1 Å². The van der Waals surface area contributed by atoms with Gasteiger partial charge in [0.05, 0.1) is 29.8 Å². The number of aryl methyl sites for hydroxylation is 1. The molecule has 7 nitrogen and oxygen atoms in total. The van der Waals surface area contributed by atoms with Gasteiger partial charge in [-0.25, -0.2) is 9.69 Å². The molecule has 1 amide bonds. The van der Waals surface area contributed by atoms with Gasteiger partial charge in [0.15, 0.2) is 5.76 Å². The third-order valence-corrected chi connectivity index (χ3v) is 6.91. The van der Waals surface area contributed by atoms with E-state index in [0.29, 0.717) is 40.4 Å². The Morgan fingerprint density at radius 1 is 1.00 bits per heavy atom. The molecule has 190 valence electrons. The highest BCUT2D eigenvalue weighted by molar-refractivity contribution is 6.34. The first kappa shape index (κ1) is 25.8. The Bertz CT molecular complexity index is 1200. The number of aromatic nitrogens is 1. The molecule has 1 aromatic heterocycles. The lowest BCUT2D eigenvalue weighted by atomic mass is 9.78. The summed E-state index contributed by atoms with van der Waals surface area (Å²) in [4.78, 5) is 26.5. The number of halogens is 1. The van der Waals surface area contributed by atoms with E-state index in [4.69, 9.17) is 25.6 Å². The van der Waals surface area contributed by atoms with Crippen LogP contribution < -0.4 is 4.90 Å². The van der Waals surface area contributed by atoms with E-state index in [1.165, 1.54) is 10.5 Å². The zero-order valence-electron chi connectivity index (χ0n) is 20.8. The van der Waals surface area contributed by atoms with E-state index in [1.54, 1.807) is 38.1 Å². The number of amides is 1. The molecule has 1 saturated carbocycles. The van der Waals surface area contributed by atoms with Crippen molar-refractivity contribution in [1.29, 1.82) is 0 Å². The number of nitrogens with zero attached hydrogens (tertiary/aromatic N) is 2. The molecular weight excluding hydrogens is 480 g/mol. The van der Waals surface area contributed by atoms with Crippen LogP contribution in [0.1, 0.15) is 56.7 Å². The fourth-order valence-electron chi connectivity index (χ4n) is 4.78. The summed E-state index contributed by atoms with van der Waals surface area (Å²) in [5.41, 5.74) is 3.52. The maximum atomic E-state index is 13.0. The summed E-state index contributed by atoms with van der Waals surface area (Å²) in [6, 6.07) is 15.2. The fraction of sp³-hybridized carbons (Fsp3) is 0.393. The number of carbonyl (C=O) groups is 2. The lowest BCUT2D eigenvalue weighted by Gasteiger charge is -2.27. The first-order valence-corrected chi connectivity index (χ1v) is 12.8. The Morgan fingerprint density at radius 2 is 1.67 bits per heavy atom. The Kier molecular flexibility index (Phi) is 8.31. The van der Waals surface area contributed by atoms with E-state index in [-0.39, 0.29) is 18.5 Å². The van der Waals surface area contributed by atoms with E-state index < -0.39 is 6.09 Å². The standard InChI is InChI=1S/C28H31ClN2O5/c1-4-34-27(32)22-16-12-20(13-17-22)19-10-14-21(15-11-19)26-25(18(3)30-36-26)31(28(33)35-5-2)24-9-7-6-8-23(24)29/h6-11,14-15,20,22H,4-5,12-13,16-17H2,1-3H3. The van der Waals surface area contributed by atoms with E-state index in [0.717, 1.165) is 31.2 Å². The summed E-state index contributed by atoms with van der Waals surface area (Å²) in [5.74, 6) is 0.765. The van der Waals surface area contributed by atoms with Gasteiger partial charge >= 0.3 is 12.1 Å². The normalized spacial score (nSPS) is 17.4. The Morgan fingerprint density at radius 3 is 2.31 bits per heavy atom. The molecule has 1 fully saturated rings. The van der Waals surface area contributed by atoms with E-state index in [2.05, 4.69) is 17.3 Å². The van der Waals surface area contributed by atoms with Gasteiger partial charge in [0, 0.05) is 5.56 Å². The van der Waals surface area contributed by atoms with Gasteiger partial charge < -0.3 is 14.0 Å². The summed E-state index contributed by atoms with van der Waals surface area (Å²) in [5, 5.41) is 4.56. The smallest absolute Gasteiger partial charge is 0.419 e. The van der Waals surface area contributed by atoms with Crippen molar-refractivity contribution in [2.24, 2.45) is 5.92 Å². The van der Waals surface area contributed by atoms with Crippen molar-refractivity contribution < 1.29 is 23.6 Å². The Hall–Kier alpha value is -3.32. The van der Waals surface area contributed by atoms with Crippen LogP contribution in [-0.4, -0.2) is 30.4 Å². The lowest BCUT2D eigenvalue weighted by molar-refractivity contribution is -0.149. The number of para-hydroxylation sites is 1. The quantitative estimate of drug-likeness (QED) is 0.307. The minimum atomic E-state index is -0.562. The molecule has 0 saturated heterocycles. The largest absolute Gasteiger partial charge is 0.466 e. The number of carbonyl (C=O) groups excluding carboxylic acids is 2.